The van der Waals surface area contributed by atoms with Crippen LogP contribution in [0.4, 0.5) is 0 Å². The third-order valence-corrected chi connectivity index (χ3v) is 5.39. The summed E-state index contributed by atoms with van der Waals surface area (Å²) >= 11 is 0. The Kier molecular flexibility index (Phi) is 4.79. The number of fused-ring (bicyclic) bond motifs is 1. The van der Waals surface area contributed by atoms with Crippen molar-refractivity contribution in [3.8, 4) is 0 Å². The van der Waals surface area contributed by atoms with Gasteiger partial charge in [-0.25, -0.2) is 0 Å². The van der Waals surface area contributed by atoms with Crippen LogP contribution < -0.4 is 0 Å². The van der Waals surface area contributed by atoms with Crippen LogP contribution in [0.1, 0.15) is 33.1 Å². The molecule has 0 spiro atoms. The van der Waals surface area contributed by atoms with Crippen LogP contribution in [0, 0.1) is 11.8 Å². The van der Waals surface area contributed by atoms with Gasteiger partial charge < -0.3 is 29.5 Å². The Labute approximate surface area is 135 Å². The molecule has 0 amide bonds. The van der Waals surface area contributed by atoms with E-state index in [2.05, 4.69) is 6.92 Å². The summed E-state index contributed by atoms with van der Waals surface area (Å²) in [7, 11) is 0. The van der Waals surface area contributed by atoms with Gasteiger partial charge in [0.1, 0.15) is 30.2 Å². The average Bonchev–Trinajstić information content (AvgIpc) is 2.51. The highest BCUT2D eigenvalue weighted by Crippen LogP contribution is 2.41. The first-order valence-corrected chi connectivity index (χ1v) is 8.30. The Balaban J connectivity index is 1.74. The molecule has 0 aromatic rings. The summed E-state index contributed by atoms with van der Waals surface area (Å²) in [5, 5.41) is 29.5. The van der Waals surface area contributed by atoms with Crippen LogP contribution in [0.15, 0.2) is 0 Å². The van der Waals surface area contributed by atoms with Crippen molar-refractivity contribution in [1.82, 2.24) is 0 Å². The molecule has 3 N–H and O–H groups in total. The van der Waals surface area contributed by atoms with E-state index in [4.69, 9.17) is 14.2 Å². The number of hydrogen-bond acceptors (Lipinski definition) is 7. The molecule has 0 aromatic carbocycles. The topological polar surface area (TPSA) is 105 Å². The van der Waals surface area contributed by atoms with Gasteiger partial charge in [-0.05, 0) is 25.7 Å². The Hall–Kier alpha value is -0.570. The average molecular weight is 330 g/mol. The Morgan fingerprint density at radius 1 is 1.26 bits per heavy atom. The lowest BCUT2D eigenvalue weighted by Gasteiger charge is -2.51. The van der Waals surface area contributed by atoms with Crippen molar-refractivity contribution >= 4 is 5.78 Å². The number of carbonyl (C=O) groups is 1. The summed E-state index contributed by atoms with van der Waals surface area (Å²) in [6, 6.07) is 0. The minimum atomic E-state index is -1.26. The van der Waals surface area contributed by atoms with Gasteiger partial charge in [-0.15, -0.1) is 0 Å². The van der Waals surface area contributed by atoms with Crippen molar-refractivity contribution < 1.29 is 34.3 Å². The number of aliphatic hydroxyl groups is 3. The molecule has 1 saturated carbocycles. The molecule has 23 heavy (non-hydrogen) atoms. The molecule has 1 aliphatic carbocycles. The fourth-order valence-electron chi connectivity index (χ4n) is 3.94. The predicted octanol–water partition coefficient (Wildman–Crippen LogP) is -0.395. The van der Waals surface area contributed by atoms with Gasteiger partial charge in [-0.3, -0.25) is 4.79 Å². The second-order valence-electron chi connectivity index (χ2n) is 7.32. The van der Waals surface area contributed by atoms with Gasteiger partial charge in [0.25, 0.3) is 0 Å². The molecule has 8 atom stereocenters. The lowest BCUT2D eigenvalue weighted by atomic mass is 9.73. The van der Waals surface area contributed by atoms with Gasteiger partial charge in [0, 0.05) is 12.3 Å². The smallest absolute Gasteiger partial charge is 0.187 e. The standard InChI is InChI=1S/C16H26O7/c1-8-3-4-9(10(18)5-8)16(2)7-21-15-14(23-16)13(20)12(19)11(6-17)22-15/h8-9,11-15,17,19-20H,3-7H2,1-2H3. The van der Waals surface area contributed by atoms with Gasteiger partial charge in [0.2, 0.25) is 0 Å². The fraction of sp³-hybridized carbons (Fsp3) is 0.938. The summed E-state index contributed by atoms with van der Waals surface area (Å²) in [6.07, 6.45) is -2.90. The molecule has 3 aliphatic rings. The van der Waals surface area contributed by atoms with E-state index in [1.807, 2.05) is 6.92 Å². The van der Waals surface area contributed by atoms with Gasteiger partial charge in [-0.2, -0.15) is 0 Å². The number of ether oxygens (including phenoxy) is 3. The highest BCUT2D eigenvalue weighted by atomic mass is 16.7. The Bertz CT molecular complexity index is 454. The zero-order chi connectivity index (χ0) is 16.8. The fourth-order valence-corrected chi connectivity index (χ4v) is 3.94. The summed E-state index contributed by atoms with van der Waals surface area (Å²) in [5.74, 6) is 0.267. The van der Waals surface area contributed by atoms with Crippen LogP contribution in [0.3, 0.4) is 0 Å². The molecule has 0 radical (unpaired) electrons. The van der Waals surface area contributed by atoms with Crippen LogP contribution in [-0.2, 0) is 19.0 Å². The SMILES string of the molecule is CC1CCC(C2(C)COC3OC(CO)C(O)C(O)C3O2)C(=O)C1. The molecular formula is C16H26O7. The predicted molar refractivity (Wildman–Crippen MR) is 78.5 cm³/mol. The van der Waals surface area contributed by atoms with Crippen molar-refractivity contribution in [2.75, 3.05) is 13.2 Å². The molecule has 7 nitrogen and oxygen atoms in total. The minimum absolute atomic E-state index is 0.160. The zero-order valence-corrected chi connectivity index (χ0v) is 13.6. The molecule has 2 saturated heterocycles. The van der Waals surface area contributed by atoms with Gasteiger partial charge >= 0.3 is 0 Å². The van der Waals surface area contributed by atoms with Crippen molar-refractivity contribution in [2.24, 2.45) is 11.8 Å². The molecule has 7 heteroatoms. The maximum atomic E-state index is 12.4. The van der Waals surface area contributed by atoms with Crippen molar-refractivity contribution in [2.45, 2.75) is 69.4 Å². The van der Waals surface area contributed by atoms with Crippen LogP contribution in [0.2, 0.25) is 0 Å². The maximum absolute atomic E-state index is 12.4. The van der Waals surface area contributed by atoms with Crippen molar-refractivity contribution in [3.05, 3.63) is 0 Å². The molecule has 8 unspecified atom stereocenters. The summed E-state index contributed by atoms with van der Waals surface area (Å²) < 4.78 is 17.2. The molecule has 2 aliphatic heterocycles. The maximum Gasteiger partial charge on any atom is 0.187 e. The molecule has 3 fully saturated rings. The van der Waals surface area contributed by atoms with E-state index in [0.717, 1.165) is 12.8 Å². The summed E-state index contributed by atoms with van der Waals surface area (Å²) in [6.45, 7) is 3.65. The summed E-state index contributed by atoms with van der Waals surface area (Å²) in [4.78, 5) is 12.4. The molecule has 0 aromatic heterocycles. The number of carbonyl (C=O) groups excluding carboxylic acids is 1. The first-order valence-electron chi connectivity index (χ1n) is 8.30. The lowest BCUT2D eigenvalue weighted by Crippen LogP contribution is -2.67. The third-order valence-electron chi connectivity index (χ3n) is 5.39. The van der Waals surface area contributed by atoms with Crippen LogP contribution in [0.5, 0.6) is 0 Å². The Morgan fingerprint density at radius 3 is 2.65 bits per heavy atom. The Morgan fingerprint density at radius 2 is 2.00 bits per heavy atom. The first-order chi connectivity index (χ1) is 10.9. The highest BCUT2D eigenvalue weighted by molar-refractivity contribution is 5.83. The van der Waals surface area contributed by atoms with E-state index in [-0.39, 0.29) is 18.3 Å². The van der Waals surface area contributed by atoms with Crippen LogP contribution in [-0.4, -0.2) is 70.6 Å². The zero-order valence-electron chi connectivity index (χ0n) is 13.6. The van der Waals surface area contributed by atoms with E-state index >= 15 is 0 Å². The summed E-state index contributed by atoms with van der Waals surface area (Å²) in [5.41, 5.74) is -0.839. The third kappa shape index (κ3) is 3.06. The number of ketones is 1. The van der Waals surface area contributed by atoms with E-state index in [1.54, 1.807) is 0 Å². The monoisotopic (exact) mass is 330 g/mol. The number of hydrogen-bond donors (Lipinski definition) is 3. The van der Waals surface area contributed by atoms with Gasteiger partial charge in [0.15, 0.2) is 6.29 Å². The van der Waals surface area contributed by atoms with E-state index in [9.17, 15) is 20.1 Å². The number of Topliss-reactive ketones (excluding diaryl/α,β-unsaturated/α-hetero) is 1. The lowest BCUT2D eigenvalue weighted by molar-refractivity contribution is -0.371. The second kappa shape index (κ2) is 6.38. The van der Waals surface area contributed by atoms with Crippen LogP contribution in [0.25, 0.3) is 0 Å². The van der Waals surface area contributed by atoms with Gasteiger partial charge in [-0.1, -0.05) is 6.92 Å². The number of aliphatic hydroxyl groups excluding tert-OH is 3. The first kappa shape index (κ1) is 17.3. The molecular weight excluding hydrogens is 304 g/mol. The second-order valence-corrected chi connectivity index (χ2v) is 7.32. The normalized spacial score (nSPS) is 51.3. The van der Waals surface area contributed by atoms with Crippen molar-refractivity contribution in [3.63, 3.8) is 0 Å². The molecule has 132 valence electrons. The minimum Gasteiger partial charge on any atom is -0.394 e. The molecule has 0 bridgehead atoms. The molecule has 2 heterocycles. The quantitative estimate of drug-likeness (QED) is 0.633. The van der Waals surface area contributed by atoms with E-state index < -0.39 is 42.9 Å². The van der Waals surface area contributed by atoms with E-state index in [1.165, 1.54) is 0 Å². The van der Waals surface area contributed by atoms with Crippen molar-refractivity contribution in [1.29, 1.82) is 0 Å². The largest absolute Gasteiger partial charge is 0.394 e. The van der Waals surface area contributed by atoms with Crippen LogP contribution >= 0.6 is 0 Å². The number of rotatable bonds is 2. The molecule has 3 rings (SSSR count). The van der Waals surface area contributed by atoms with Gasteiger partial charge in [0.05, 0.1) is 18.8 Å². The highest BCUT2D eigenvalue weighted by Gasteiger charge is 2.54. The van der Waals surface area contributed by atoms with E-state index in [0.29, 0.717) is 12.3 Å².